The van der Waals surface area contributed by atoms with Crippen LogP contribution in [-0.2, 0) is 4.74 Å². The van der Waals surface area contributed by atoms with Crippen LogP contribution in [0.5, 0.6) is 5.75 Å². The van der Waals surface area contributed by atoms with Gasteiger partial charge < -0.3 is 26.2 Å². The topological polar surface area (TPSA) is 126 Å². The van der Waals surface area contributed by atoms with E-state index in [1.165, 1.54) is 0 Å². The van der Waals surface area contributed by atoms with E-state index in [0.717, 1.165) is 44.7 Å². The molecule has 2 aromatic rings. The minimum atomic E-state index is -0.0641. The molecule has 3 fully saturated rings. The minimum Gasteiger partial charge on any atom is -0.500 e. The van der Waals surface area contributed by atoms with Gasteiger partial charge in [0.2, 0.25) is 0 Å². The quantitative estimate of drug-likeness (QED) is 0.550. The molecule has 0 saturated carbocycles. The second-order valence-electron chi connectivity index (χ2n) is 8.32. The van der Waals surface area contributed by atoms with E-state index in [4.69, 9.17) is 16.2 Å². The molecule has 3 aliphatic rings. The molecule has 3 saturated heterocycles. The summed E-state index contributed by atoms with van der Waals surface area (Å²) in [4.78, 5) is 4.89. The highest BCUT2D eigenvalue weighted by molar-refractivity contribution is 5.73. The normalized spacial score (nSPS) is 29.0. The number of piperazine rings is 1. The summed E-state index contributed by atoms with van der Waals surface area (Å²) < 4.78 is 5.91. The number of nitrogens with two attached hydrogens (primary N) is 2. The Kier molecular flexibility index (Phi) is 5.08. The van der Waals surface area contributed by atoms with E-state index in [0.29, 0.717) is 35.8 Å². The lowest BCUT2D eigenvalue weighted by Crippen LogP contribution is -2.59. The molecule has 9 nitrogen and oxygen atoms in total. The summed E-state index contributed by atoms with van der Waals surface area (Å²) in [5.74, 6) is 0.416. The molecule has 3 aliphatic heterocycles. The maximum Gasteiger partial charge on any atom is 0.177 e. The number of aromatic hydroxyl groups is 1. The highest BCUT2D eigenvalue weighted by atomic mass is 16.5. The van der Waals surface area contributed by atoms with Crippen LogP contribution < -0.4 is 21.7 Å². The van der Waals surface area contributed by atoms with Crippen molar-refractivity contribution in [2.24, 2.45) is 5.73 Å². The van der Waals surface area contributed by atoms with Gasteiger partial charge in [-0.2, -0.15) is 0 Å². The van der Waals surface area contributed by atoms with E-state index in [1.54, 1.807) is 12.1 Å². The summed E-state index contributed by atoms with van der Waals surface area (Å²) in [6.07, 6.45) is 2.44. The van der Waals surface area contributed by atoms with Crippen LogP contribution in [0.3, 0.4) is 0 Å². The summed E-state index contributed by atoms with van der Waals surface area (Å²) in [5, 5.41) is 21.7. The number of nitrogens with zero attached hydrogens (tertiary/aromatic N) is 4. The molecule has 1 aromatic carbocycles. The molecule has 0 amide bonds. The van der Waals surface area contributed by atoms with Gasteiger partial charge in [0, 0.05) is 38.3 Å². The number of hydrogen-bond acceptors (Lipinski definition) is 9. The monoisotopic (exact) mass is 409 g/mol. The van der Waals surface area contributed by atoms with Crippen molar-refractivity contribution in [2.75, 3.05) is 43.4 Å². The van der Waals surface area contributed by atoms with Gasteiger partial charge in [0.15, 0.2) is 11.6 Å². The number of anilines is 2. The van der Waals surface area contributed by atoms with Gasteiger partial charge in [-0.15, -0.1) is 10.2 Å². The third-order valence-corrected chi connectivity index (χ3v) is 6.36. The van der Waals surface area contributed by atoms with E-state index in [9.17, 15) is 5.11 Å². The Bertz CT molecular complexity index is 889. The van der Waals surface area contributed by atoms with Crippen molar-refractivity contribution in [2.45, 2.75) is 37.2 Å². The summed E-state index contributed by atoms with van der Waals surface area (Å²) in [5.41, 5.74) is 14.1. The lowest BCUT2D eigenvalue weighted by Gasteiger charge is -2.44. The first-order valence-electron chi connectivity index (χ1n) is 10.4. The highest BCUT2D eigenvalue weighted by Gasteiger charge is 2.41. The molecule has 3 unspecified atom stereocenters. The van der Waals surface area contributed by atoms with E-state index < -0.39 is 0 Å². The fourth-order valence-electron chi connectivity index (χ4n) is 4.84. The molecule has 6 N–H and O–H groups in total. The molecule has 158 valence electrons. The Morgan fingerprint density at radius 2 is 2.07 bits per heavy atom. The van der Waals surface area contributed by atoms with Crippen molar-refractivity contribution in [3.8, 4) is 17.0 Å². The summed E-state index contributed by atoms with van der Waals surface area (Å²) >= 11 is 0. The number of fused-ring (bicyclic) bond motifs is 2. The largest absolute Gasteiger partial charge is 0.500 e. The van der Waals surface area contributed by atoms with Gasteiger partial charge in [-0.25, -0.2) is 0 Å². The van der Waals surface area contributed by atoms with E-state index >= 15 is 0 Å². The Balaban J connectivity index is 1.32. The number of rotatable bonds is 4. The van der Waals surface area contributed by atoms with Crippen molar-refractivity contribution in [1.82, 2.24) is 20.4 Å². The van der Waals surface area contributed by atoms with Gasteiger partial charge >= 0.3 is 0 Å². The van der Waals surface area contributed by atoms with Crippen LogP contribution in [0, 0.1) is 12.1 Å². The SMILES string of the molecule is Nc1nnc(-c2ccc#cc2O)cc1N1CC2CCC(C1)N2C[C@H]1CNC(N)CO1. The Morgan fingerprint density at radius 1 is 1.27 bits per heavy atom. The van der Waals surface area contributed by atoms with Gasteiger partial charge in [0.05, 0.1) is 35.8 Å². The maximum absolute atomic E-state index is 10.1. The van der Waals surface area contributed by atoms with Gasteiger partial charge in [-0.3, -0.25) is 10.2 Å². The lowest BCUT2D eigenvalue weighted by molar-refractivity contribution is -0.0240. The first-order valence-corrected chi connectivity index (χ1v) is 10.4. The predicted octanol–water partition coefficient (Wildman–Crippen LogP) is -0.0420. The van der Waals surface area contributed by atoms with Crippen LogP contribution in [0.15, 0.2) is 18.2 Å². The molecule has 0 spiro atoms. The fraction of sp³-hybridized carbons (Fsp3) is 0.524. The third kappa shape index (κ3) is 3.63. The predicted molar refractivity (Wildman–Crippen MR) is 113 cm³/mol. The number of morpholine rings is 1. The number of nitrogens with one attached hydrogen (secondary N) is 1. The van der Waals surface area contributed by atoms with Crippen LogP contribution in [0.1, 0.15) is 12.8 Å². The minimum absolute atomic E-state index is 0.00761. The number of hydrogen-bond donors (Lipinski definition) is 4. The van der Waals surface area contributed by atoms with Gasteiger partial charge in [0.25, 0.3) is 0 Å². The lowest BCUT2D eigenvalue weighted by atomic mass is 10.1. The van der Waals surface area contributed by atoms with Crippen LogP contribution in [0.2, 0.25) is 0 Å². The molecule has 9 heteroatoms. The molecule has 0 radical (unpaired) electrons. The maximum atomic E-state index is 10.1. The summed E-state index contributed by atoms with van der Waals surface area (Å²) in [6.45, 7) is 4.03. The first-order chi connectivity index (χ1) is 14.6. The second-order valence-corrected chi connectivity index (χ2v) is 8.32. The number of nitrogen functional groups attached to an aromatic ring is 1. The van der Waals surface area contributed by atoms with Crippen LogP contribution in [-0.4, -0.2) is 77.3 Å². The van der Waals surface area contributed by atoms with Crippen LogP contribution in [0.25, 0.3) is 11.3 Å². The first kappa shape index (κ1) is 19.3. The zero-order valence-corrected chi connectivity index (χ0v) is 16.8. The molecule has 2 bridgehead atoms. The fourth-order valence-corrected chi connectivity index (χ4v) is 4.84. The van der Waals surface area contributed by atoms with Crippen molar-refractivity contribution in [3.05, 3.63) is 30.3 Å². The Labute approximate surface area is 176 Å². The number of ether oxygens (including phenoxy) is 1. The third-order valence-electron chi connectivity index (χ3n) is 6.36. The van der Waals surface area contributed by atoms with Crippen molar-refractivity contribution in [3.63, 3.8) is 0 Å². The highest BCUT2D eigenvalue weighted by Crippen LogP contribution is 2.36. The van der Waals surface area contributed by atoms with E-state index in [2.05, 4.69) is 37.4 Å². The molecule has 4 heterocycles. The zero-order chi connectivity index (χ0) is 20.7. The molecule has 5 rings (SSSR count). The average molecular weight is 409 g/mol. The molecular formula is C21H27N7O2. The van der Waals surface area contributed by atoms with E-state index in [-0.39, 0.29) is 18.0 Å². The average Bonchev–Trinajstić information content (AvgIpc) is 2.97. The van der Waals surface area contributed by atoms with Gasteiger partial charge in [-0.1, -0.05) is 6.07 Å². The molecule has 30 heavy (non-hydrogen) atoms. The van der Waals surface area contributed by atoms with Gasteiger partial charge in [0.1, 0.15) is 0 Å². The van der Waals surface area contributed by atoms with Crippen LogP contribution in [0.4, 0.5) is 11.5 Å². The van der Waals surface area contributed by atoms with Crippen molar-refractivity contribution < 1.29 is 9.84 Å². The van der Waals surface area contributed by atoms with Gasteiger partial charge in [-0.05, 0) is 37.1 Å². The summed E-state index contributed by atoms with van der Waals surface area (Å²) in [6, 6.07) is 11.7. The Morgan fingerprint density at radius 3 is 2.77 bits per heavy atom. The zero-order valence-electron chi connectivity index (χ0n) is 16.8. The van der Waals surface area contributed by atoms with Crippen molar-refractivity contribution >= 4 is 11.5 Å². The Hall–Kier alpha value is -2.64. The molecular weight excluding hydrogens is 382 g/mol. The molecule has 0 aliphatic carbocycles. The summed E-state index contributed by atoms with van der Waals surface area (Å²) in [7, 11) is 0. The van der Waals surface area contributed by atoms with E-state index in [1.807, 2.05) is 6.07 Å². The smallest absolute Gasteiger partial charge is 0.177 e. The second kappa shape index (κ2) is 7.89. The van der Waals surface area contributed by atoms with Crippen LogP contribution >= 0.6 is 0 Å². The molecule has 4 atom stereocenters. The van der Waals surface area contributed by atoms with Crippen molar-refractivity contribution in [1.29, 1.82) is 0 Å². The number of aromatic nitrogens is 2. The standard InChI is InChI=1S/C21H27N7O2/c22-20-12-30-15(8-24-20)11-28-13-5-6-14(28)10-27(9-13)18-7-17(25-26-21(18)23)16-3-1-2-4-19(16)29/h1,3,7,13-15,20,24,29H,5-6,8-12,22H2,(H2,23,26)/t13?,14?,15-,20?/m1/s1. The molecule has 1 aromatic heterocycles.